The van der Waals surface area contributed by atoms with Crippen LogP contribution in [0.3, 0.4) is 0 Å². The predicted molar refractivity (Wildman–Crippen MR) is 95.8 cm³/mol. The summed E-state index contributed by atoms with van der Waals surface area (Å²) in [7, 11) is 0. The van der Waals surface area contributed by atoms with Crippen LogP contribution in [0.1, 0.15) is 38.3 Å². The quantitative estimate of drug-likeness (QED) is 0.905. The van der Waals surface area contributed by atoms with E-state index in [1.807, 2.05) is 11.0 Å². The summed E-state index contributed by atoms with van der Waals surface area (Å²) in [6, 6.07) is 6.99. The molecule has 2 heterocycles. The van der Waals surface area contributed by atoms with Gasteiger partial charge in [0, 0.05) is 38.3 Å². The summed E-state index contributed by atoms with van der Waals surface area (Å²) in [5.41, 5.74) is 0.951. The normalized spacial score (nSPS) is 25.7. The maximum Gasteiger partial charge on any atom is 0.240 e. The Morgan fingerprint density at radius 1 is 1.25 bits per heavy atom. The molecule has 0 saturated carbocycles. The first kappa shape index (κ1) is 19.2. The minimum absolute atomic E-state index is 0. The summed E-state index contributed by atoms with van der Waals surface area (Å²) in [5, 5.41) is 3.38. The minimum Gasteiger partial charge on any atom is -0.339 e. The standard InChI is InChI=1S/C18H26FN3O.ClH/c1-13(2)21-9-4-7-16(18(21)23)22-10-8-20-12-17(22)14-5-3-6-15(19)11-14;/h3,5-6,11,13,16-17,20H,4,7-10,12H2,1-2H3;1H. The first-order valence-corrected chi connectivity index (χ1v) is 8.60. The number of hydrogen-bond acceptors (Lipinski definition) is 3. The summed E-state index contributed by atoms with van der Waals surface area (Å²) < 4.78 is 13.6. The van der Waals surface area contributed by atoms with E-state index in [9.17, 15) is 9.18 Å². The Labute approximate surface area is 149 Å². The monoisotopic (exact) mass is 355 g/mol. The predicted octanol–water partition coefficient (Wildman–Crippen LogP) is 2.59. The Bertz CT molecular complexity index is 569. The molecule has 2 aliphatic heterocycles. The summed E-state index contributed by atoms with van der Waals surface area (Å²) in [4.78, 5) is 17.2. The Kier molecular flexibility index (Phi) is 6.61. The number of hydrogen-bond donors (Lipinski definition) is 1. The van der Waals surface area contributed by atoms with Crippen molar-refractivity contribution in [2.75, 3.05) is 26.2 Å². The molecule has 6 heteroatoms. The van der Waals surface area contributed by atoms with Crippen LogP contribution >= 0.6 is 12.4 Å². The van der Waals surface area contributed by atoms with Crippen LogP contribution in [0.15, 0.2) is 24.3 Å². The summed E-state index contributed by atoms with van der Waals surface area (Å²) in [6.45, 7) is 7.45. The molecule has 1 amide bonds. The van der Waals surface area contributed by atoms with E-state index in [2.05, 4.69) is 24.1 Å². The number of benzene rings is 1. The molecule has 2 saturated heterocycles. The average molecular weight is 356 g/mol. The lowest BCUT2D eigenvalue weighted by molar-refractivity contribution is -0.143. The maximum absolute atomic E-state index is 13.6. The smallest absolute Gasteiger partial charge is 0.240 e. The third-order valence-corrected chi connectivity index (χ3v) is 4.99. The number of carbonyl (C=O) groups is 1. The molecule has 1 N–H and O–H groups in total. The molecule has 4 nitrogen and oxygen atoms in total. The Hall–Kier alpha value is -1.17. The van der Waals surface area contributed by atoms with E-state index >= 15 is 0 Å². The molecule has 24 heavy (non-hydrogen) atoms. The van der Waals surface area contributed by atoms with E-state index in [0.29, 0.717) is 0 Å². The van der Waals surface area contributed by atoms with E-state index in [-0.39, 0.29) is 42.3 Å². The van der Waals surface area contributed by atoms with E-state index in [4.69, 9.17) is 0 Å². The summed E-state index contributed by atoms with van der Waals surface area (Å²) >= 11 is 0. The molecule has 134 valence electrons. The first-order valence-electron chi connectivity index (χ1n) is 8.60. The average Bonchev–Trinajstić information content (AvgIpc) is 2.55. The third-order valence-electron chi connectivity index (χ3n) is 4.99. The van der Waals surface area contributed by atoms with E-state index < -0.39 is 0 Å². The van der Waals surface area contributed by atoms with Crippen molar-refractivity contribution in [3.8, 4) is 0 Å². The lowest BCUT2D eigenvalue weighted by Crippen LogP contribution is -2.59. The number of nitrogens with one attached hydrogen (secondary N) is 1. The molecule has 3 rings (SSSR count). The number of nitrogens with zero attached hydrogens (tertiary/aromatic N) is 2. The van der Waals surface area contributed by atoms with Gasteiger partial charge in [-0.25, -0.2) is 4.39 Å². The highest BCUT2D eigenvalue weighted by atomic mass is 35.5. The van der Waals surface area contributed by atoms with Gasteiger partial charge in [-0.15, -0.1) is 12.4 Å². The molecule has 0 aromatic heterocycles. The van der Waals surface area contributed by atoms with Gasteiger partial charge in [-0.05, 0) is 44.4 Å². The molecule has 1 aromatic carbocycles. The molecule has 0 spiro atoms. The number of piperidine rings is 1. The highest BCUT2D eigenvalue weighted by molar-refractivity contribution is 5.85. The number of rotatable bonds is 3. The van der Waals surface area contributed by atoms with Crippen molar-refractivity contribution in [2.45, 2.75) is 44.8 Å². The van der Waals surface area contributed by atoms with Crippen molar-refractivity contribution in [3.63, 3.8) is 0 Å². The van der Waals surface area contributed by atoms with Crippen molar-refractivity contribution >= 4 is 18.3 Å². The van der Waals surface area contributed by atoms with Crippen LogP contribution in [0.2, 0.25) is 0 Å². The van der Waals surface area contributed by atoms with Gasteiger partial charge in [-0.3, -0.25) is 9.69 Å². The van der Waals surface area contributed by atoms with Gasteiger partial charge >= 0.3 is 0 Å². The van der Waals surface area contributed by atoms with Gasteiger partial charge in [-0.2, -0.15) is 0 Å². The zero-order valence-corrected chi connectivity index (χ0v) is 15.2. The first-order chi connectivity index (χ1) is 11.1. The van der Waals surface area contributed by atoms with Crippen molar-refractivity contribution in [1.82, 2.24) is 15.1 Å². The maximum atomic E-state index is 13.6. The molecular formula is C18H27ClFN3O. The lowest BCUT2D eigenvalue weighted by atomic mass is 9.95. The third kappa shape index (κ3) is 3.90. The van der Waals surface area contributed by atoms with Crippen molar-refractivity contribution in [1.29, 1.82) is 0 Å². The van der Waals surface area contributed by atoms with Crippen molar-refractivity contribution in [2.24, 2.45) is 0 Å². The SMILES string of the molecule is CC(C)N1CCCC(N2CCNCC2c2cccc(F)c2)C1=O.Cl. The minimum atomic E-state index is -0.216. The van der Waals surface area contributed by atoms with Crippen LogP contribution in [0.25, 0.3) is 0 Å². The second kappa shape index (κ2) is 8.28. The van der Waals surface area contributed by atoms with Crippen LogP contribution in [0.4, 0.5) is 4.39 Å². The van der Waals surface area contributed by atoms with Crippen LogP contribution in [-0.4, -0.2) is 54.0 Å². The fourth-order valence-electron chi connectivity index (χ4n) is 3.82. The fraction of sp³-hybridized carbons (Fsp3) is 0.611. The molecule has 0 aliphatic carbocycles. The van der Waals surface area contributed by atoms with E-state index in [1.54, 1.807) is 12.1 Å². The highest BCUT2D eigenvalue weighted by Crippen LogP contribution is 2.29. The van der Waals surface area contributed by atoms with Crippen LogP contribution < -0.4 is 5.32 Å². The second-order valence-electron chi connectivity index (χ2n) is 6.80. The lowest BCUT2D eigenvalue weighted by Gasteiger charge is -2.45. The van der Waals surface area contributed by atoms with Gasteiger partial charge in [0.2, 0.25) is 5.91 Å². The van der Waals surface area contributed by atoms with Crippen LogP contribution in [0, 0.1) is 5.82 Å². The summed E-state index contributed by atoms with van der Waals surface area (Å²) in [6.07, 6.45) is 1.93. The molecule has 0 bridgehead atoms. The second-order valence-corrected chi connectivity index (χ2v) is 6.80. The fourth-order valence-corrected chi connectivity index (χ4v) is 3.82. The number of carbonyl (C=O) groups excluding carboxylic acids is 1. The molecule has 0 radical (unpaired) electrons. The molecule has 2 unspecified atom stereocenters. The van der Waals surface area contributed by atoms with Gasteiger partial charge in [0.15, 0.2) is 0 Å². The van der Waals surface area contributed by atoms with Gasteiger partial charge < -0.3 is 10.2 Å². The number of likely N-dealkylation sites (tertiary alicyclic amines) is 1. The Morgan fingerprint density at radius 2 is 2.04 bits per heavy atom. The molecular weight excluding hydrogens is 329 g/mol. The number of amides is 1. The number of halogens is 2. The van der Waals surface area contributed by atoms with Gasteiger partial charge in [0.25, 0.3) is 0 Å². The Balaban J connectivity index is 0.00000208. The Morgan fingerprint density at radius 3 is 2.75 bits per heavy atom. The van der Waals surface area contributed by atoms with E-state index in [0.717, 1.165) is 44.6 Å². The zero-order valence-electron chi connectivity index (χ0n) is 14.4. The highest BCUT2D eigenvalue weighted by Gasteiger charge is 2.38. The molecule has 2 atom stereocenters. The zero-order chi connectivity index (χ0) is 16.4. The molecule has 2 aliphatic rings. The summed E-state index contributed by atoms with van der Waals surface area (Å²) in [5.74, 6) is 0.0151. The molecule has 2 fully saturated rings. The van der Waals surface area contributed by atoms with Crippen molar-refractivity contribution in [3.05, 3.63) is 35.6 Å². The number of piperazine rings is 1. The van der Waals surface area contributed by atoms with Crippen LogP contribution in [0.5, 0.6) is 0 Å². The topological polar surface area (TPSA) is 35.6 Å². The van der Waals surface area contributed by atoms with Gasteiger partial charge in [0.05, 0.1) is 6.04 Å². The van der Waals surface area contributed by atoms with Gasteiger partial charge in [0.1, 0.15) is 5.82 Å². The largest absolute Gasteiger partial charge is 0.339 e. The van der Waals surface area contributed by atoms with Crippen molar-refractivity contribution < 1.29 is 9.18 Å². The molecule has 1 aromatic rings. The van der Waals surface area contributed by atoms with E-state index in [1.165, 1.54) is 6.07 Å². The van der Waals surface area contributed by atoms with Gasteiger partial charge in [-0.1, -0.05) is 12.1 Å². The van der Waals surface area contributed by atoms with Crippen LogP contribution in [-0.2, 0) is 4.79 Å².